The number of aromatic amines is 1. The van der Waals surface area contributed by atoms with Crippen molar-refractivity contribution >= 4 is 11.9 Å². The maximum atomic E-state index is 12.0. The molecule has 7 nitrogen and oxygen atoms in total. The van der Waals surface area contributed by atoms with Gasteiger partial charge in [0.2, 0.25) is 0 Å². The lowest BCUT2D eigenvalue weighted by molar-refractivity contribution is -0.175. The predicted octanol–water partition coefficient (Wildman–Crippen LogP) is -0.612. The van der Waals surface area contributed by atoms with Crippen LogP contribution in [-0.2, 0) is 23.1 Å². The molecule has 0 radical (unpaired) electrons. The summed E-state index contributed by atoms with van der Waals surface area (Å²) in [4.78, 5) is 32.9. The minimum atomic E-state index is -5.18. The first-order valence-corrected chi connectivity index (χ1v) is 4.96. The van der Waals surface area contributed by atoms with E-state index >= 15 is 0 Å². The zero-order valence-corrected chi connectivity index (χ0v) is 9.61. The van der Waals surface area contributed by atoms with Crippen LogP contribution in [0, 0.1) is 0 Å². The fourth-order valence-corrected chi connectivity index (χ4v) is 1.32. The highest BCUT2D eigenvalue weighted by Gasteiger charge is 2.41. The highest BCUT2D eigenvalue weighted by molar-refractivity contribution is 5.87. The summed E-state index contributed by atoms with van der Waals surface area (Å²) in [6, 6.07) is -1.84. The monoisotopic (exact) mass is 281 g/mol. The second-order valence-corrected chi connectivity index (χ2v) is 3.73. The molecule has 106 valence electrons. The molecule has 1 rings (SSSR count). The van der Waals surface area contributed by atoms with Gasteiger partial charge in [0.25, 0.3) is 5.56 Å². The van der Waals surface area contributed by atoms with Crippen molar-refractivity contribution in [1.29, 1.82) is 0 Å². The smallest absolute Gasteiger partial charge is 0.471 e. The number of rotatable bonds is 4. The molecular formula is C9H10F3N3O4. The largest absolute Gasteiger partial charge is 0.480 e. The number of hydrogen-bond acceptors (Lipinski definition) is 3. The minimum Gasteiger partial charge on any atom is -0.480 e. The number of carbonyl (C=O) groups excluding carboxylic acids is 1. The third-order valence-electron chi connectivity index (χ3n) is 2.30. The molecule has 1 atom stereocenters. The van der Waals surface area contributed by atoms with Crippen LogP contribution in [0.2, 0.25) is 0 Å². The normalized spacial score (nSPS) is 13.1. The Labute approximate surface area is 104 Å². The zero-order chi connectivity index (χ0) is 14.8. The molecule has 0 spiro atoms. The number of aromatic nitrogens is 2. The molecule has 0 aliphatic rings. The van der Waals surface area contributed by atoms with Crippen molar-refractivity contribution in [3.63, 3.8) is 0 Å². The molecule has 1 heterocycles. The van der Waals surface area contributed by atoms with Crippen LogP contribution in [0.5, 0.6) is 0 Å². The number of aryl methyl sites for hydroxylation is 1. The summed E-state index contributed by atoms with van der Waals surface area (Å²) in [7, 11) is 1.36. The van der Waals surface area contributed by atoms with Crippen molar-refractivity contribution in [1.82, 2.24) is 15.1 Å². The Bertz CT molecular complexity index is 546. The van der Waals surface area contributed by atoms with Crippen molar-refractivity contribution in [3.05, 3.63) is 22.1 Å². The van der Waals surface area contributed by atoms with Crippen molar-refractivity contribution in [2.45, 2.75) is 18.6 Å². The fourth-order valence-electron chi connectivity index (χ4n) is 1.32. The zero-order valence-electron chi connectivity index (χ0n) is 9.61. The van der Waals surface area contributed by atoms with Crippen LogP contribution in [-0.4, -0.2) is 39.0 Å². The number of aliphatic carboxylic acids is 1. The number of halogens is 3. The summed E-state index contributed by atoms with van der Waals surface area (Å²) >= 11 is 0. The maximum Gasteiger partial charge on any atom is 0.471 e. The number of nitrogens with one attached hydrogen (secondary N) is 2. The first-order valence-electron chi connectivity index (χ1n) is 4.96. The summed E-state index contributed by atoms with van der Waals surface area (Å²) in [6.07, 6.45) is -4.57. The molecule has 0 fully saturated rings. The molecule has 0 aliphatic heterocycles. The summed E-state index contributed by atoms with van der Waals surface area (Å²) in [5.41, 5.74) is -0.620. The first-order chi connectivity index (χ1) is 8.62. The summed E-state index contributed by atoms with van der Waals surface area (Å²) in [5, 5.41) is 12.5. The van der Waals surface area contributed by atoms with E-state index in [0.29, 0.717) is 0 Å². The molecule has 0 unspecified atom stereocenters. The third-order valence-corrected chi connectivity index (χ3v) is 2.30. The van der Waals surface area contributed by atoms with Gasteiger partial charge >= 0.3 is 18.1 Å². The van der Waals surface area contributed by atoms with Gasteiger partial charge in [-0.1, -0.05) is 0 Å². The Morgan fingerprint density at radius 2 is 2.11 bits per heavy atom. The number of H-pyrrole nitrogens is 1. The molecule has 19 heavy (non-hydrogen) atoms. The third kappa shape index (κ3) is 3.60. The highest BCUT2D eigenvalue weighted by Crippen LogP contribution is 2.14. The van der Waals surface area contributed by atoms with Crippen molar-refractivity contribution < 1.29 is 27.9 Å². The molecular weight excluding hydrogens is 271 g/mol. The summed E-state index contributed by atoms with van der Waals surface area (Å²) in [5.74, 6) is -4.03. The molecule has 3 N–H and O–H groups in total. The number of nitrogens with zero attached hydrogens (tertiary/aromatic N) is 1. The Kier molecular flexibility index (Phi) is 4.02. The Morgan fingerprint density at radius 1 is 1.53 bits per heavy atom. The van der Waals surface area contributed by atoms with E-state index in [0.717, 1.165) is 10.9 Å². The van der Waals surface area contributed by atoms with Crippen LogP contribution in [0.25, 0.3) is 0 Å². The molecule has 0 aliphatic carbocycles. The summed E-state index contributed by atoms with van der Waals surface area (Å²) < 4.78 is 37.1. The van der Waals surface area contributed by atoms with Crippen molar-refractivity contribution in [2.24, 2.45) is 7.05 Å². The lowest BCUT2D eigenvalue weighted by Gasteiger charge is -2.14. The molecule has 0 aromatic carbocycles. The van der Waals surface area contributed by atoms with E-state index < -0.39 is 36.1 Å². The highest BCUT2D eigenvalue weighted by atomic mass is 19.4. The van der Waals surface area contributed by atoms with Crippen LogP contribution < -0.4 is 10.9 Å². The van der Waals surface area contributed by atoms with E-state index in [9.17, 15) is 27.6 Å². The van der Waals surface area contributed by atoms with E-state index in [-0.39, 0.29) is 5.56 Å². The van der Waals surface area contributed by atoms with Crippen molar-refractivity contribution in [2.75, 3.05) is 0 Å². The van der Waals surface area contributed by atoms with Gasteiger partial charge in [0, 0.05) is 25.2 Å². The molecule has 0 bridgehead atoms. The molecule has 10 heteroatoms. The van der Waals surface area contributed by atoms with E-state index in [2.05, 4.69) is 5.10 Å². The topological polar surface area (TPSA) is 104 Å². The molecule has 1 amide bonds. The van der Waals surface area contributed by atoms with Gasteiger partial charge in [-0.2, -0.15) is 13.2 Å². The fraction of sp³-hybridized carbons (Fsp3) is 0.444. The predicted molar refractivity (Wildman–Crippen MR) is 55.4 cm³/mol. The number of amides is 1. The number of alkyl halides is 3. The van der Waals surface area contributed by atoms with Gasteiger partial charge in [-0.05, 0) is 0 Å². The van der Waals surface area contributed by atoms with Gasteiger partial charge in [0.15, 0.2) is 0 Å². The van der Waals surface area contributed by atoms with Crippen LogP contribution >= 0.6 is 0 Å². The number of carboxylic acid groups (broad SMARTS) is 1. The average molecular weight is 281 g/mol. The van der Waals surface area contributed by atoms with Gasteiger partial charge in [-0.3, -0.25) is 14.3 Å². The second kappa shape index (κ2) is 5.16. The molecule has 0 saturated carbocycles. The second-order valence-electron chi connectivity index (χ2n) is 3.73. The minimum absolute atomic E-state index is 0.0441. The Balaban J connectivity index is 2.86. The van der Waals surface area contributed by atoms with E-state index in [1.54, 1.807) is 0 Å². The SMILES string of the molecule is Cn1[nH]cc(C[C@H](NC(=O)C(F)(F)F)C(=O)O)c1=O. The van der Waals surface area contributed by atoms with Crippen molar-refractivity contribution in [3.8, 4) is 0 Å². The number of carboxylic acids is 1. The molecule has 1 aromatic heterocycles. The average Bonchev–Trinajstić information content (AvgIpc) is 2.58. The lowest BCUT2D eigenvalue weighted by atomic mass is 10.1. The van der Waals surface area contributed by atoms with Crippen LogP contribution in [0.4, 0.5) is 13.2 Å². The molecule has 1 aromatic rings. The van der Waals surface area contributed by atoms with E-state index in [1.807, 2.05) is 0 Å². The van der Waals surface area contributed by atoms with Crippen LogP contribution in [0.15, 0.2) is 11.0 Å². The van der Waals surface area contributed by atoms with Gasteiger partial charge < -0.3 is 15.5 Å². The Hall–Kier alpha value is -2.26. The lowest BCUT2D eigenvalue weighted by Crippen LogP contribution is -2.48. The van der Waals surface area contributed by atoms with E-state index in [1.165, 1.54) is 12.4 Å². The van der Waals surface area contributed by atoms with Gasteiger partial charge in [0.1, 0.15) is 6.04 Å². The first kappa shape index (κ1) is 14.8. The van der Waals surface area contributed by atoms with Crippen LogP contribution in [0.3, 0.4) is 0 Å². The molecule has 0 saturated heterocycles. The quantitative estimate of drug-likeness (QED) is 0.684. The summed E-state index contributed by atoms with van der Waals surface area (Å²) in [6.45, 7) is 0. The van der Waals surface area contributed by atoms with Gasteiger partial charge in [-0.15, -0.1) is 0 Å². The van der Waals surface area contributed by atoms with Crippen LogP contribution in [0.1, 0.15) is 5.56 Å². The standard InChI is InChI=1S/C9H10F3N3O4/c1-15-6(16)4(3-13-15)2-5(7(17)18)14-8(19)9(10,11)12/h3,5,13H,2H2,1H3,(H,14,19)(H,17,18)/t5-/m0/s1. The Morgan fingerprint density at radius 3 is 2.47 bits per heavy atom. The van der Waals surface area contributed by atoms with E-state index in [4.69, 9.17) is 5.11 Å². The van der Waals surface area contributed by atoms with Gasteiger partial charge in [0.05, 0.1) is 0 Å². The number of carbonyl (C=O) groups is 2. The number of hydrogen-bond donors (Lipinski definition) is 3. The maximum absolute atomic E-state index is 12.0. The van der Waals surface area contributed by atoms with Gasteiger partial charge in [-0.25, -0.2) is 4.79 Å².